The van der Waals surface area contributed by atoms with Gasteiger partial charge in [0.1, 0.15) is 12.2 Å². The first-order valence-electron chi connectivity index (χ1n) is 9.70. The highest BCUT2D eigenvalue weighted by molar-refractivity contribution is 6.35. The molecular formula is C20H22Cl2F2N4O. The number of hydrogen-bond acceptors (Lipinski definition) is 3. The molecule has 0 N–H and O–H groups in total. The van der Waals surface area contributed by atoms with Crippen LogP contribution in [0.4, 0.5) is 8.78 Å². The molecule has 2 aromatic rings. The third-order valence-corrected chi connectivity index (χ3v) is 6.06. The maximum Gasteiger partial charge on any atom is 0.280 e. The van der Waals surface area contributed by atoms with Gasteiger partial charge in [-0.25, -0.2) is 8.78 Å². The zero-order valence-electron chi connectivity index (χ0n) is 15.8. The third-order valence-electron chi connectivity index (χ3n) is 5.47. The van der Waals surface area contributed by atoms with Crippen molar-refractivity contribution in [2.45, 2.75) is 38.3 Å². The van der Waals surface area contributed by atoms with E-state index in [1.54, 1.807) is 11.0 Å². The largest absolute Gasteiger partial charge is 0.339 e. The van der Waals surface area contributed by atoms with E-state index in [1.165, 1.54) is 10.7 Å². The second-order valence-electron chi connectivity index (χ2n) is 7.62. The molecule has 0 bridgehead atoms. The van der Waals surface area contributed by atoms with Gasteiger partial charge in [-0.2, -0.15) is 5.10 Å². The van der Waals surface area contributed by atoms with Crippen LogP contribution in [0, 0.1) is 0 Å². The summed E-state index contributed by atoms with van der Waals surface area (Å²) in [5.41, 5.74) is 1.50. The van der Waals surface area contributed by atoms with E-state index in [0.717, 1.165) is 18.4 Å². The van der Waals surface area contributed by atoms with Gasteiger partial charge in [-0.15, -0.1) is 0 Å². The normalized spacial score (nSPS) is 17.9. The quantitative estimate of drug-likeness (QED) is 0.667. The number of carbonyl (C=O) groups excluding carboxylic acids is 1. The van der Waals surface area contributed by atoms with Gasteiger partial charge in [0.05, 0.1) is 5.69 Å². The number of aromatic nitrogens is 2. The molecule has 1 saturated carbocycles. The molecule has 0 spiro atoms. The Morgan fingerprint density at radius 2 is 1.86 bits per heavy atom. The van der Waals surface area contributed by atoms with Crippen LogP contribution in [0.25, 0.3) is 0 Å². The van der Waals surface area contributed by atoms with Crippen LogP contribution >= 0.6 is 23.2 Å². The minimum Gasteiger partial charge on any atom is -0.339 e. The van der Waals surface area contributed by atoms with Crippen molar-refractivity contribution >= 4 is 29.1 Å². The van der Waals surface area contributed by atoms with Crippen LogP contribution in [-0.4, -0.2) is 51.7 Å². The van der Waals surface area contributed by atoms with Crippen molar-refractivity contribution in [3.05, 3.63) is 51.3 Å². The monoisotopic (exact) mass is 442 g/mol. The molecule has 9 heteroatoms. The molecule has 5 nitrogen and oxygen atoms in total. The zero-order chi connectivity index (χ0) is 20.5. The molecule has 156 valence electrons. The number of alkyl halides is 2. The summed E-state index contributed by atoms with van der Waals surface area (Å²) in [4.78, 5) is 16.6. The van der Waals surface area contributed by atoms with Gasteiger partial charge in [-0.3, -0.25) is 14.4 Å². The zero-order valence-corrected chi connectivity index (χ0v) is 17.3. The topological polar surface area (TPSA) is 41.4 Å². The number of nitrogens with zero attached hydrogens (tertiary/aromatic N) is 4. The highest BCUT2D eigenvalue weighted by atomic mass is 35.5. The van der Waals surface area contributed by atoms with E-state index < -0.39 is 6.43 Å². The second-order valence-corrected chi connectivity index (χ2v) is 8.46. The Bertz CT molecular complexity index is 893. The van der Waals surface area contributed by atoms with Gasteiger partial charge in [-0.05, 0) is 36.6 Å². The van der Waals surface area contributed by atoms with E-state index >= 15 is 0 Å². The van der Waals surface area contributed by atoms with Gasteiger partial charge in [0.15, 0.2) is 0 Å². The number of hydrogen-bond donors (Lipinski definition) is 0. The molecule has 4 rings (SSSR count). The standard InChI is InChI=1S/C20H22Cl2F2N4O/c21-15-4-3-14(16(22)9-15)11-26-5-7-27(8-6-26)19(29)12-28-18(20(23)24)10-17(25-28)13-1-2-13/h3-4,9-10,13,20H,1-2,5-8,11-12H2. The molecule has 1 aromatic heterocycles. The first-order valence-corrected chi connectivity index (χ1v) is 10.5. The number of halogens is 4. The number of piperazine rings is 1. The van der Waals surface area contributed by atoms with Crippen molar-refractivity contribution in [3.8, 4) is 0 Å². The molecule has 1 amide bonds. The van der Waals surface area contributed by atoms with Gasteiger partial charge in [0, 0.05) is 48.7 Å². The van der Waals surface area contributed by atoms with Gasteiger partial charge in [0.25, 0.3) is 6.43 Å². The molecule has 1 aliphatic carbocycles. The Balaban J connectivity index is 1.33. The van der Waals surface area contributed by atoms with Crippen molar-refractivity contribution in [1.82, 2.24) is 19.6 Å². The van der Waals surface area contributed by atoms with Crippen LogP contribution in [-0.2, 0) is 17.9 Å². The summed E-state index contributed by atoms with van der Waals surface area (Å²) in [6.07, 6.45) is -0.677. The lowest BCUT2D eigenvalue weighted by Crippen LogP contribution is -2.49. The van der Waals surface area contributed by atoms with Crippen molar-refractivity contribution in [2.24, 2.45) is 0 Å². The Morgan fingerprint density at radius 3 is 2.48 bits per heavy atom. The van der Waals surface area contributed by atoms with E-state index in [9.17, 15) is 13.6 Å². The predicted octanol–water partition coefficient (Wildman–Crippen LogP) is 4.35. The van der Waals surface area contributed by atoms with E-state index in [4.69, 9.17) is 23.2 Å². The van der Waals surface area contributed by atoms with Gasteiger partial charge in [-0.1, -0.05) is 29.3 Å². The fourth-order valence-corrected chi connectivity index (χ4v) is 4.08. The van der Waals surface area contributed by atoms with Crippen LogP contribution in [0.3, 0.4) is 0 Å². The van der Waals surface area contributed by atoms with Crippen LogP contribution in [0.2, 0.25) is 10.0 Å². The Morgan fingerprint density at radius 1 is 1.14 bits per heavy atom. The van der Waals surface area contributed by atoms with Crippen molar-refractivity contribution in [3.63, 3.8) is 0 Å². The molecular weight excluding hydrogens is 421 g/mol. The van der Waals surface area contributed by atoms with Gasteiger partial charge >= 0.3 is 0 Å². The summed E-state index contributed by atoms with van der Waals surface area (Å²) in [6.45, 7) is 3.01. The highest BCUT2D eigenvalue weighted by Gasteiger charge is 2.30. The smallest absolute Gasteiger partial charge is 0.280 e. The molecule has 0 unspecified atom stereocenters. The highest BCUT2D eigenvalue weighted by Crippen LogP contribution is 2.40. The minimum atomic E-state index is -2.64. The second kappa shape index (κ2) is 8.58. The summed E-state index contributed by atoms with van der Waals surface area (Å²) >= 11 is 12.2. The summed E-state index contributed by atoms with van der Waals surface area (Å²) in [7, 11) is 0. The molecule has 2 aliphatic rings. The lowest BCUT2D eigenvalue weighted by Gasteiger charge is -2.35. The number of carbonyl (C=O) groups is 1. The van der Waals surface area contributed by atoms with Crippen molar-refractivity contribution in [1.29, 1.82) is 0 Å². The van der Waals surface area contributed by atoms with Crippen LogP contribution in [0.5, 0.6) is 0 Å². The lowest BCUT2D eigenvalue weighted by molar-refractivity contribution is -0.134. The van der Waals surface area contributed by atoms with E-state index in [1.807, 2.05) is 12.1 Å². The molecule has 1 aromatic carbocycles. The summed E-state index contributed by atoms with van der Waals surface area (Å²) in [5.74, 6) is 0.0913. The molecule has 29 heavy (non-hydrogen) atoms. The molecule has 1 saturated heterocycles. The molecule has 0 atom stereocenters. The van der Waals surface area contributed by atoms with Gasteiger partial charge in [0.2, 0.25) is 5.91 Å². The maximum absolute atomic E-state index is 13.3. The van der Waals surface area contributed by atoms with E-state index in [0.29, 0.717) is 48.5 Å². The predicted molar refractivity (Wildman–Crippen MR) is 107 cm³/mol. The van der Waals surface area contributed by atoms with Gasteiger partial charge < -0.3 is 4.90 Å². The molecule has 2 fully saturated rings. The Kier molecular flexibility index (Phi) is 6.08. The lowest BCUT2D eigenvalue weighted by atomic mass is 10.2. The number of amides is 1. The summed E-state index contributed by atoms with van der Waals surface area (Å²) < 4.78 is 27.8. The fraction of sp³-hybridized carbons (Fsp3) is 0.500. The van der Waals surface area contributed by atoms with Crippen LogP contribution in [0.1, 0.15) is 42.1 Å². The maximum atomic E-state index is 13.3. The minimum absolute atomic E-state index is 0.143. The average Bonchev–Trinajstić information content (AvgIpc) is 3.45. The first-order chi connectivity index (χ1) is 13.9. The Hall–Kier alpha value is -1.70. The molecule has 2 heterocycles. The van der Waals surface area contributed by atoms with Crippen molar-refractivity contribution in [2.75, 3.05) is 26.2 Å². The molecule has 0 radical (unpaired) electrons. The number of benzene rings is 1. The SMILES string of the molecule is O=C(Cn1nc(C2CC2)cc1C(F)F)N1CCN(Cc2ccc(Cl)cc2Cl)CC1. The van der Waals surface area contributed by atoms with E-state index in [-0.39, 0.29) is 24.1 Å². The molecule has 1 aliphatic heterocycles. The average molecular weight is 443 g/mol. The van der Waals surface area contributed by atoms with E-state index in [2.05, 4.69) is 10.00 Å². The third kappa shape index (κ3) is 4.90. The summed E-state index contributed by atoms with van der Waals surface area (Å²) in [6, 6.07) is 6.88. The van der Waals surface area contributed by atoms with Crippen LogP contribution < -0.4 is 0 Å². The van der Waals surface area contributed by atoms with Crippen LogP contribution in [0.15, 0.2) is 24.3 Å². The number of rotatable bonds is 6. The Labute approximate surface area is 178 Å². The van der Waals surface area contributed by atoms with Crippen molar-refractivity contribution < 1.29 is 13.6 Å². The summed E-state index contributed by atoms with van der Waals surface area (Å²) in [5, 5.41) is 5.49. The fourth-order valence-electron chi connectivity index (χ4n) is 3.61. The first kappa shape index (κ1) is 20.6.